The lowest BCUT2D eigenvalue weighted by atomic mass is 10.1. The largest absolute Gasteiger partial charge is 0.385 e. The molecule has 2 amide bonds. The molecule has 0 aliphatic heterocycles. The molecule has 6 N–H and O–H groups in total. The molecule has 1 aromatic rings. The predicted octanol–water partition coefficient (Wildman–Crippen LogP) is 1.06. The number of carbonyl (C=O) groups is 2. The van der Waals surface area contributed by atoms with E-state index in [1.165, 1.54) is 5.54 Å². The van der Waals surface area contributed by atoms with E-state index in [1.807, 2.05) is 6.07 Å². The molecule has 0 saturated heterocycles. The van der Waals surface area contributed by atoms with Crippen LogP contribution in [0.5, 0.6) is 0 Å². The maximum atomic E-state index is 12.0. The Morgan fingerprint density at radius 1 is 1.23 bits per heavy atom. The Kier molecular flexibility index (Phi) is 9.82. The molecule has 6 nitrogen and oxygen atoms in total. The number of benzene rings is 1. The maximum absolute atomic E-state index is 12.0. The van der Waals surface area contributed by atoms with Crippen molar-refractivity contribution in [3.63, 3.8) is 0 Å². The second-order valence-electron chi connectivity index (χ2n) is 4.43. The van der Waals surface area contributed by atoms with E-state index in [4.69, 9.17) is 23.1 Å². The zero-order valence-electron chi connectivity index (χ0n) is 11.9. The van der Waals surface area contributed by atoms with E-state index < -0.39 is 11.9 Å². The topological polar surface area (TPSA) is 110 Å². The first-order valence-electron chi connectivity index (χ1n) is 6.49. The van der Waals surface area contributed by atoms with Gasteiger partial charge < -0.3 is 22.1 Å². The Morgan fingerprint density at radius 2 is 1.86 bits per heavy atom. The molecule has 1 unspecified atom stereocenters. The third kappa shape index (κ3) is 7.19. The van der Waals surface area contributed by atoms with Crippen molar-refractivity contribution in [2.24, 2.45) is 11.5 Å². The van der Waals surface area contributed by atoms with Gasteiger partial charge in [-0.25, -0.2) is 0 Å². The summed E-state index contributed by atoms with van der Waals surface area (Å²) in [6.45, 7) is 0.528. The molecule has 0 saturated carbocycles. The van der Waals surface area contributed by atoms with Crippen molar-refractivity contribution in [2.45, 2.75) is 18.9 Å². The van der Waals surface area contributed by atoms with Crippen LogP contribution in [0.2, 0.25) is 0 Å². The highest BCUT2D eigenvalue weighted by Gasteiger charge is 2.18. The van der Waals surface area contributed by atoms with E-state index in [9.17, 15) is 9.59 Å². The van der Waals surface area contributed by atoms with E-state index in [0.29, 0.717) is 30.8 Å². The minimum Gasteiger partial charge on any atom is -0.385 e. The Bertz CT molecular complexity index is 509. The van der Waals surface area contributed by atoms with E-state index in [2.05, 4.69) is 10.6 Å². The molecule has 8 heteroatoms. The summed E-state index contributed by atoms with van der Waals surface area (Å²) in [5.74, 6) is -0.548. The Hall–Kier alpha value is -1.92. The molecule has 1 atom stereocenters. The van der Waals surface area contributed by atoms with E-state index >= 15 is 0 Å². The number of carbonyl (C=O) groups excluding carboxylic acids is 2. The highest BCUT2D eigenvalue weighted by atomic mass is 35.5. The average Bonchev–Trinajstić information content (AvgIpc) is 2.50. The molecule has 1 rings (SSSR count). The van der Waals surface area contributed by atoms with E-state index in [1.54, 1.807) is 24.3 Å². The summed E-state index contributed by atoms with van der Waals surface area (Å²) >= 11 is 5.40. The lowest BCUT2D eigenvalue weighted by molar-refractivity contribution is -0.120. The van der Waals surface area contributed by atoms with Crippen LogP contribution in [0.1, 0.15) is 23.2 Å². The van der Waals surface area contributed by atoms with Crippen LogP contribution in [0, 0.1) is 0 Å². The summed E-state index contributed by atoms with van der Waals surface area (Å²) in [4.78, 5) is 23.3. The lowest BCUT2D eigenvalue weighted by Crippen LogP contribution is -2.44. The molecule has 0 fully saturated rings. The van der Waals surface area contributed by atoms with Crippen LogP contribution in [-0.2, 0) is 4.79 Å². The number of rotatable bonds is 8. The van der Waals surface area contributed by atoms with Gasteiger partial charge in [0.25, 0.3) is 5.91 Å². The third-order valence-corrected chi connectivity index (χ3v) is 3.04. The van der Waals surface area contributed by atoms with Crippen LogP contribution in [0.25, 0.3) is 0 Å². The van der Waals surface area contributed by atoms with Crippen molar-refractivity contribution >= 4 is 35.8 Å². The van der Waals surface area contributed by atoms with Gasteiger partial charge in [0.15, 0.2) is 0 Å². The molecule has 0 aromatic heterocycles. The number of amides is 2. The Labute approximate surface area is 140 Å². The molecule has 0 bridgehead atoms. The van der Waals surface area contributed by atoms with Gasteiger partial charge in [-0.15, -0.1) is 12.4 Å². The van der Waals surface area contributed by atoms with Crippen LogP contribution in [-0.4, -0.2) is 24.4 Å². The highest BCUT2D eigenvalue weighted by molar-refractivity contribution is 6.25. The van der Waals surface area contributed by atoms with Gasteiger partial charge in [-0.1, -0.05) is 29.8 Å². The van der Waals surface area contributed by atoms with Gasteiger partial charge >= 0.3 is 0 Å². The van der Waals surface area contributed by atoms with E-state index in [-0.39, 0.29) is 18.3 Å². The summed E-state index contributed by atoms with van der Waals surface area (Å²) in [7, 11) is 0. The fourth-order valence-corrected chi connectivity index (χ4v) is 1.77. The average molecular weight is 347 g/mol. The summed E-state index contributed by atoms with van der Waals surface area (Å²) in [6, 6.07) is 7.92. The predicted molar refractivity (Wildman–Crippen MR) is 89.5 cm³/mol. The fraction of sp³-hybridized carbons (Fsp3) is 0.286. The van der Waals surface area contributed by atoms with Crippen LogP contribution >= 0.6 is 24.0 Å². The molecular weight excluding hydrogens is 327 g/mol. The molecule has 0 spiro atoms. The second kappa shape index (κ2) is 10.8. The highest BCUT2D eigenvalue weighted by Crippen LogP contribution is 2.02. The summed E-state index contributed by atoms with van der Waals surface area (Å²) in [5.41, 5.74) is 12.5. The van der Waals surface area contributed by atoms with Gasteiger partial charge in [-0.3, -0.25) is 9.59 Å². The van der Waals surface area contributed by atoms with Gasteiger partial charge in [0.05, 0.1) is 0 Å². The maximum Gasteiger partial charge on any atom is 0.251 e. The van der Waals surface area contributed by atoms with Crippen molar-refractivity contribution < 1.29 is 9.59 Å². The van der Waals surface area contributed by atoms with Crippen LogP contribution in [0.3, 0.4) is 0 Å². The fourth-order valence-electron chi connectivity index (χ4n) is 1.69. The Balaban J connectivity index is 0.00000441. The number of primary amides is 1. The molecule has 0 radical (unpaired) electrons. The SMILES string of the molecule is Cl.NC(=O)C(CCCN/C(N)=C/Cl)NC(=O)c1ccccc1. The molecular formula is C14H20Cl2N4O2. The van der Waals surface area contributed by atoms with Crippen molar-refractivity contribution in [3.8, 4) is 0 Å². The van der Waals surface area contributed by atoms with Crippen LogP contribution in [0.4, 0.5) is 0 Å². The number of nitrogens with one attached hydrogen (secondary N) is 2. The number of nitrogens with two attached hydrogens (primary N) is 2. The van der Waals surface area contributed by atoms with Gasteiger partial charge in [0.2, 0.25) is 5.91 Å². The van der Waals surface area contributed by atoms with Gasteiger partial charge in [0, 0.05) is 17.6 Å². The standard InChI is InChI=1S/C14H19ClN4O2.ClH/c15-9-12(16)18-8-4-7-11(13(17)20)19-14(21)10-5-2-1-3-6-10;/h1-3,5-6,9,11,18H,4,7-8,16H2,(H2,17,20)(H,19,21);1H/b12-9+;. The van der Waals surface area contributed by atoms with Gasteiger partial charge in [0.1, 0.15) is 11.9 Å². The van der Waals surface area contributed by atoms with Gasteiger partial charge in [-0.2, -0.15) is 0 Å². The molecule has 1 aromatic carbocycles. The zero-order valence-corrected chi connectivity index (χ0v) is 13.5. The lowest BCUT2D eigenvalue weighted by Gasteiger charge is -2.15. The first-order chi connectivity index (χ1) is 10.0. The summed E-state index contributed by atoms with van der Waals surface area (Å²) in [5, 5.41) is 5.48. The normalized spacial score (nSPS) is 12.0. The number of hydrogen-bond donors (Lipinski definition) is 4. The van der Waals surface area contributed by atoms with Crippen molar-refractivity contribution in [1.29, 1.82) is 0 Å². The first-order valence-corrected chi connectivity index (χ1v) is 6.93. The summed E-state index contributed by atoms with van der Waals surface area (Å²) < 4.78 is 0. The summed E-state index contributed by atoms with van der Waals surface area (Å²) in [6.07, 6.45) is 1.02. The van der Waals surface area contributed by atoms with Crippen LogP contribution in [0.15, 0.2) is 41.7 Å². The minimum absolute atomic E-state index is 0. The minimum atomic E-state index is -0.722. The van der Waals surface area contributed by atoms with Crippen LogP contribution < -0.4 is 22.1 Å². The smallest absolute Gasteiger partial charge is 0.251 e. The Morgan fingerprint density at radius 3 is 2.41 bits per heavy atom. The third-order valence-electron chi connectivity index (χ3n) is 2.80. The van der Waals surface area contributed by atoms with Crippen molar-refractivity contribution in [3.05, 3.63) is 47.3 Å². The molecule has 0 heterocycles. The number of halogens is 2. The molecule has 122 valence electrons. The molecule has 22 heavy (non-hydrogen) atoms. The zero-order chi connectivity index (χ0) is 15.7. The number of hydrogen-bond acceptors (Lipinski definition) is 4. The van der Waals surface area contributed by atoms with Gasteiger partial charge in [-0.05, 0) is 25.0 Å². The first kappa shape index (κ1) is 20.1. The second-order valence-corrected chi connectivity index (χ2v) is 4.65. The van der Waals surface area contributed by atoms with Crippen molar-refractivity contribution in [1.82, 2.24) is 10.6 Å². The molecule has 0 aliphatic carbocycles. The van der Waals surface area contributed by atoms with E-state index in [0.717, 1.165) is 0 Å². The quantitative estimate of drug-likeness (QED) is 0.527. The monoisotopic (exact) mass is 346 g/mol. The van der Waals surface area contributed by atoms with Crippen molar-refractivity contribution in [2.75, 3.05) is 6.54 Å². The molecule has 0 aliphatic rings.